The van der Waals surface area contributed by atoms with Gasteiger partial charge < -0.3 is 20.3 Å². The number of nitrogens with zero attached hydrogens (tertiary/aromatic N) is 2. The van der Waals surface area contributed by atoms with Crippen molar-refractivity contribution in [2.75, 3.05) is 44.8 Å². The second-order valence-electron chi connectivity index (χ2n) is 6.22. The van der Waals surface area contributed by atoms with Crippen molar-refractivity contribution in [2.45, 2.75) is 19.0 Å². The summed E-state index contributed by atoms with van der Waals surface area (Å²) in [7, 11) is 1.53. The Labute approximate surface area is 155 Å². The largest absolute Gasteiger partial charge is 0.417 e. The van der Waals surface area contributed by atoms with E-state index >= 15 is 0 Å². The van der Waals surface area contributed by atoms with Gasteiger partial charge in [-0.05, 0) is 25.0 Å². The Kier molecular flexibility index (Phi) is 7.40. The van der Waals surface area contributed by atoms with Crippen LogP contribution < -0.4 is 15.5 Å². The quantitative estimate of drug-likeness (QED) is 0.686. The Morgan fingerprint density at radius 2 is 1.96 bits per heavy atom. The summed E-state index contributed by atoms with van der Waals surface area (Å²) in [4.78, 5) is 29.4. The maximum absolute atomic E-state index is 12.6. The van der Waals surface area contributed by atoms with E-state index in [-0.39, 0.29) is 24.3 Å². The molecule has 1 fully saturated rings. The van der Waals surface area contributed by atoms with Gasteiger partial charge in [0.05, 0.1) is 18.7 Å². The number of hydrogen-bond donors (Lipinski definition) is 2. The number of carbonyl (C=O) groups is 2. The van der Waals surface area contributed by atoms with Gasteiger partial charge in [-0.2, -0.15) is 13.2 Å². The van der Waals surface area contributed by atoms with Gasteiger partial charge >= 0.3 is 6.18 Å². The molecule has 1 aromatic rings. The van der Waals surface area contributed by atoms with E-state index in [1.807, 2.05) is 4.90 Å². The fraction of sp³-hybridized carbons (Fsp3) is 0.588. The highest BCUT2D eigenvalue weighted by Gasteiger charge is 2.31. The minimum atomic E-state index is -4.41. The van der Waals surface area contributed by atoms with Crippen LogP contribution in [0.3, 0.4) is 0 Å². The first-order chi connectivity index (χ1) is 12.8. The average Bonchev–Trinajstić information content (AvgIpc) is 2.66. The van der Waals surface area contributed by atoms with E-state index < -0.39 is 11.7 Å². The van der Waals surface area contributed by atoms with Crippen LogP contribution in [0, 0.1) is 5.92 Å². The van der Waals surface area contributed by atoms with Crippen molar-refractivity contribution >= 4 is 17.6 Å². The number of amides is 2. The fourth-order valence-electron chi connectivity index (χ4n) is 2.78. The minimum Gasteiger partial charge on any atom is -0.383 e. The number of methoxy groups -OCH3 is 1. The van der Waals surface area contributed by atoms with E-state index in [0.29, 0.717) is 44.9 Å². The van der Waals surface area contributed by atoms with Crippen LogP contribution in [0.15, 0.2) is 18.3 Å². The van der Waals surface area contributed by atoms with Gasteiger partial charge in [-0.3, -0.25) is 9.59 Å². The molecule has 1 aliphatic heterocycles. The van der Waals surface area contributed by atoms with Crippen molar-refractivity contribution in [1.29, 1.82) is 0 Å². The molecule has 2 rings (SSSR count). The molecule has 2 heterocycles. The third-order valence-corrected chi connectivity index (χ3v) is 4.32. The van der Waals surface area contributed by atoms with Crippen LogP contribution in [0.25, 0.3) is 0 Å². The molecule has 0 bridgehead atoms. The Hall–Kier alpha value is -2.36. The van der Waals surface area contributed by atoms with Gasteiger partial charge in [0.1, 0.15) is 5.82 Å². The van der Waals surface area contributed by atoms with E-state index in [1.165, 1.54) is 13.2 Å². The Morgan fingerprint density at radius 3 is 2.52 bits per heavy atom. The molecular formula is C17H23F3N4O3. The summed E-state index contributed by atoms with van der Waals surface area (Å²) >= 11 is 0. The maximum Gasteiger partial charge on any atom is 0.417 e. The lowest BCUT2D eigenvalue weighted by Crippen LogP contribution is -2.44. The molecule has 0 aliphatic carbocycles. The van der Waals surface area contributed by atoms with Gasteiger partial charge in [-0.25, -0.2) is 4.98 Å². The zero-order valence-electron chi connectivity index (χ0n) is 15.0. The van der Waals surface area contributed by atoms with Crippen LogP contribution in [0.1, 0.15) is 18.4 Å². The van der Waals surface area contributed by atoms with Crippen LogP contribution in [0.4, 0.5) is 19.0 Å². The van der Waals surface area contributed by atoms with Crippen molar-refractivity contribution in [3.8, 4) is 0 Å². The molecule has 0 saturated carbocycles. The number of rotatable bonds is 7. The lowest BCUT2D eigenvalue weighted by Gasteiger charge is -2.32. The summed E-state index contributed by atoms with van der Waals surface area (Å²) in [6.07, 6.45) is -2.51. The number of hydrogen-bond acceptors (Lipinski definition) is 5. The topological polar surface area (TPSA) is 83.6 Å². The molecule has 0 aromatic carbocycles. The second-order valence-corrected chi connectivity index (χ2v) is 6.22. The predicted octanol–water partition coefficient (Wildman–Crippen LogP) is 1.20. The normalized spacial score (nSPS) is 15.5. The maximum atomic E-state index is 12.6. The number of aromatic nitrogens is 1. The number of nitrogens with one attached hydrogen (secondary N) is 2. The highest BCUT2D eigenvalue weighted by molar-refractivity contribution is 5.85. The van der Waals surface area contributed by atoms with Crippen LogP contribution in [-0.2, 0) is 20.5 Å². The molecule has 150 valence electrons. The summed E-state index contributed by atoms with van der Waals surface area (Å²) < 4.78 is 42.6. The number of pyridine rings is 1. The lowest BCUT2D eigenvalue weighted by atomic mass is 9.96. The molecule has 0 spiro atoms. The Bertz CT molecular complexity index is 629. The molecule has 7 nitrogen and oxygen atoms in total. The third-order valence-electron chi connectivity index (χ3n) is 4.32. The summed E-state index contributed by atoms with van der Waals surface area (Å²) in [5.41, 5.74) is -0.788. The predicted molar refractivity (Wildman–Crippen MR) is 92.1 cm³/mol. The highest BCUT2D eigenvalue weighted by Crippen LogP contribution is 2.30. The highest BCUT2D eigenvalue weighted by atomic mass is 19.4. The molecular weight excluding hydrogens is 365 g/mol. The zero-order chi connectivity index (χ0) is 19.9. The fourth-order valence-corrected chi connectivity index (χ4v) is 2.78. The first kappa shape index (κ1) is 20.9. The van der Waals surface area contributed by atoms with Gasteiger partial charge in [0, 0.05) is 38.9 Å². The monoisotopic (exact) mass is 388 g/mol. The smallest absolute Gasteiger partial charge is 0.383 e. The van der Waals surface area contributed by atoms with Crippen molar-refractivity contribution in [3.63, 3.8) is 0 Å². The SMILES string of the molecule is COCCNC(=O)CNC(=O)C1CCN(c2ccc(C(F)(F)F)cn2)CC1. The number of carbonyl (C=O) groups excluding carboxylic acids is 2. The molecule has 2 amide bonds. The summed E-state index contributed by atoms with van der Waals surface area (Å²) in [5.74, 6) is -0.259. The first-order valence-corrected chi connectivity index (χ1v) is 8.63. The summed E-state index contributed by atoms with van der Waals surface area (Å²) in [6, 6.07) is 2.34. The molecule has 10 heteroatoms. The molecule has 1 aromatic heterocycles. The van der Waals surface area contributed by atoms with Gasteiger partial charge in [0.15, 0.2) is 0 Å². The van der Waals surface area contributed by atoms with Crippen LogP contribution >= 0.6 is 0 Å². The van der Waals surface area contributed by atoms with Crippen LogP contribution in [0.2, 0.25) is 0 Å². The van der Waals surface area contributed by atoms with Gasteiger partial charge in [0.2, 0.25) is 11.8 Å². The van der Waals surface area contributed by atoms with Gasteiger partial charge in [0.25, 0.3) is 0 Å². The van der Waals surface area contributed by atoms with E-state index in [9.17, 15) is 22.8 Å². The number of halogens is 3. The molecule has 1 aliphatic rings. The first-order valence-electron chi connectivity index (χ1n) is 8.63. The third kappa shape index (κ3) is 6.38. The van der Waals surface area contributed by atoms with Crippen molar-refractivity contribution in [3.05, 3.63) is 23.9 Å². The Balaban J connectivity index is 1.76. The molecule has 0 radical (unpaired) electrons. The van der Waals surface area contributed by atoms with E-state index in [0.717, 1.165) is 12.3 Å². The number of alkyl halides is 3. The van der Waals surface area contributed by atoms with Gasteiger partial charge in [-0.1, -0.05) is 0 Å². The second kappa shape index (κ2) is 9.54. The van der Waals surface area contributed by atoms with E-state index in [2.05, 4.69) is 15.6 Å². The van der Waals surface area contributed by atoms with Crippen LogP contribution in [-0.4, -0.2) is 56.7 Å². The molecule has 1 saturated heterocycles. The van der Waals surface area contributed by atoms with E-state index in [4.69, 9.17) is 4.74 Å². The number of ether oxygens (including phenoxy) is 1. The Morgan fingerprint density at radius 1 is 1.26 bits per heavy atom. The molecule has 0 atom stereocenters. The zero-order valence-corrected chi connectivity index (χ0v) is 15.0. The van der Waals surface area contributed by atoms with Crippen molar-refractivity contribution in [2.24, 2.45) is 5.92 Å². The van der Waals surface area contributed by atoms with Crippen molar-refractivity contribution < 1.29 is 27.5 Å². The average molecular weight is 388 g/mol. The van der Waals surface area contributed by atoms with Crippen molar-refractivity contribution in [1.82, 2.24) is 15.6 Å². The standard InChI is InChI=1S/C17H23F3N4O3/c1-27-9-6-21-15(25)11-23-16(26)12-4-7-24(8-5-12)14-3-2-13(10-22-14)17(18,19)20/h2-3,10,12H,4-9,11H2,1H3,(H,21,25)(H,23,26). The lowest BCUT2D eigenvalue weighted by molar-refractivity contribution is -0.137. The summed E-state index contributed by atoms with van der Waals surface area (Å²) in [5, 5.41) is 5.22. The molecule has 27 heavy (non-hydrogen) atoms. The summed E-state index contributed by atoms with van der Waals surface area (Å²) in [6.45, 7) is 1.70. The number of piperidine rings is 1. The minimum absolute atomic E-state index is 0.0940. The molecule has 0 unspecified atom stereocenters. The molecule has 2 N–H and O–H groups in total. The number of anilines is 1. The van der Waals surface area contributed by atoms with Gasteiger partial charge in [-0.15, -0.1) is 0 Å². The van der Waals surface area contributed by atoms with E-state index in [1.54, 1.807) is 0 Å². The van der Waals surface area contributed by atoms with Crippen LogP contribution in [0.5, 0.6) is 0 Å².